The fourth-order valence-electron chi connectivity index (χ4n) is 3.72. The Bertz CT molecular complexity index is 1060. The Balaban J connectivity index is 1.39. The SMILES string of the molecule is O=C1CCC(N2Cc3ccc(C(=O)NC(=O)Nc4cccc(Cl)c4)cc3C2)C(=O)N1. The van der Waals surface area contributed by atoms with Crippen molar-refractivity contribution in [2.24, 2.45) is 0 Å². The molecule has 9 heteroatoms. The number of nitrogens with one attached hydrogen (secondary N) is 3. The van der Waals surface area contributed by atoms with Crippen LogP contribution in [0.15, 0.2) is 42.5 Å². The number of carbonyl (C=O) groups is 4. The Labute approximate surface area is 177 Å². The van der Waals surface area contributed by atoms with Gasteiger partial charge >= 0.3 is 6.03 Å². The summed E-state index contributed by atoms with van der Waals surface area (Å²) in [5, 5.41) is 7.70. The van der Waals surface area contributed by atoms with Gasteiger partial charge in [0, 0.05) is 35.8 Å². The minimum absolute atomic E-state index is 0.247. The molecule has 2 heterocycles. The summed E-state index contributed by atoms with van der Waals surface area (Å²) in [6.45, 7) is 1.07. The van der Waals surface area contributed by atoms with E-state index in [0.717, 1.165) is 11.1 Å². The lowest BCUT2D eigenvalue weighted by Crippen LogP contribution is -2.50. The average Bonchev–Trinajstić information content (AvgIpc) is 3.10. The van der Waals surface area contributed by atoms with Gasteiger partial charge in [-0.25, -0.2) is 4.79 Å². The zero-order valence-electron chi connectivity index (χ0n) is 15.9. The van der Waals surface area contributed by atoms with Gasteiger partial charge in [0.25, 0.3) is 5.91 Å². The molecule has 4 rings (SSSR count). The number of urea groups is 1. The van der Waals surface area contributed by atoms with Crippen molar-refractivity contribution >= 4 is 41.0 Å². The van der Waals surface area contributed by atoms with Gasteiger partial charge in [-0.05, 0) is 47.9 Å². The molecule has 1 unspecified atom stereocenters. The quantitative estimate of drug-likeness (QED) is 0.653. The van der Waals surface area contributed by atoms with Crippen molar-refractivity contribution in [3.05, 3.63) is 64.2 Å². The molecule has 1 saturated heterocycles. The van der Waals surface area contributed by atoms with Crippen LogP contribution in [0.4, 0.5) is 10.5 Å². The van der Waals surface area contributed by atoms with Crippen LogP contribution in [0.1, 0.15) is 34.3 Å². The summed E-state index contributed by atoms with van der Waals surface area (Å²) >= 11 is 5.88. The van der Waals surface area contributed by atoms with Crippen molar-refractivity contribution in [2.45, 2.75) is 32.0 Å². The molecule has 0 aliphatic carbocycles. The number of hydrogen-bond donors (Lipinski definition) is 3. The van der Waals surface area contributed by atoms with E-state index in [-0.39, 0.29) is 17.9 Å². The van der Waals surface area contributed by atoms with Crippen LogP contribution in [0.2, 0.25) is 5.02 Å². The fourth-order valence-corrected chi connectivity index (χ4v) is 3.91. The molecule has 1 atom stereocenters. The van der Waals surface area contributed by atoms with Crippen LogP contribution in [-0.4, -0.2) is 34.7 Å². The Morgan fingerprint density at radius 1 is 1.07 bits per heavy atom. The van der Waals surface area contributed by atoms with E-state index in [0.29, 0.717) is 42.2 Å². The van der Waals surface area contributed by atoms with Gasteiger partial charge in [-0.1, -0.05) is 23.7 Å². The summed E-state index contributed by atoms with van der Waals surface area (Å²) in [6.07, 6.45) is 0.800. The van der Waals surface area contributed by atoms with Gasteiger partial charge in [0.15, 0.2) is 0 Å². The highest BCUT2D eigenvalue weighted by atomic mass is 35.5. The lowest BCUT2D eigenvalue weighted by atomic mass is 10.0. The molecule has 0 saturated carbocycles. The number of piperidine rings is 1. The van der Waals surface area contributed by atoms with Gasteiger partial charge in [0.1, 0.15) is 0 Å². The molecule has 0 spiro atoms. The molecule has 8 nitrogen and oxygen atoms in total. The second-order valence-corrected chi connectivity index (χ2v) is 7.71. The van der Waals surface area contributed by atoms with Gasteiger partial charge in [-0.2, -0.15) is 0 Å². The second kappa shape index (κ2) is 8.25. The van der Waals surface area contributed by atoms with E-state index in [1.807, 2.05) is 11.0 Å². The van der Waals surface area contributed by atoms with Crippen molar-refractivity contribution in [1.82, 2.24) is 15.5 Å². The first-order chi connectivity index (χ1) is 14.4. The molecule has 2 aromatic carbocycles. The first-order valence-corrected chi connectivity index (χ1v) is 9.84. The molecule has 30 heavy (non-hydrogen) atoms. The maximum Gasteiger partial charge on any atom is 0.326 e. The molecular weight excluding hydrogens is 408 g/mol. The number of hydrogen-bond acceptors (Lipinski definition) is 5. The molecule has 3 N–H and O–H groups in total. The molecule has 5 amide bonds. The van der Waals surface area contributed by atoms with Crippen molar-refractivity contribution in [3.8, 4) is 0 Å². The number of imide groups is 2. The zero-order chi connectivity index (χ0) is 21.3. The molecule has 2 aliphatic heterocycles. The maximum atomic E-state index is 12.5. The number of benzene rings is 2. The molecule has 154 valence electrons. The van der Waals surface area contributed by atoms with E-state index >= 15 is 0 Å². The fraction of sp³-hybridized carbons (Fsp3) is 0.238. The maximum absolute atomic E-state index is 12.5. The van der Waals surface area contributed by atoms with Crippen LogP contribution in [0.5, 0.6) is 0 Å². The van der Waals surface area contributed by atoms with Crippen molar-refractivity contribution in [3.63, 3.8) is 0 Å². The number of halogens is 1. The van der Waals surface area contributed by atoms with Crippen LogP contribution in [-0.2, 0) is 22.7 Å². The molecular formula is C21H19ClN4O4. The number of rotatable bonds is 3. The van der Waals surface area contributed by atoms with Crippen LogP contribution in [0.25, 0.3) is 0 Å². The van der Waals surface area contributed by atoms with E-state index in [2.05, 4.69) is 16.0 Å². The minimum atomic E-state index is -0.659. The predicted molar refractivity (Wildman–Crippen MR) is 110 cm³/mol. The smallest absolute Gasteiger partial charge is 0.308 e. The topological polar surface area (TPSA) is 108 Å². The van der Waals surface area contributed by atoms with Gasteiger partial charge in [-0.3, -0.25) is 29.9 Å². The van der Waals surface area contributed by atoms with Gasteiger partial charge < -0.3 is 5.32 Å². The number of carbonyl (C=O) groups excluding carboxylic acids is 4. The Hall–Kier alpha value is -3.23. The monoisotopic (exact) mass is 426 g/mol. The summed E-state index contributed by atoms with van der Waals surface area (Å²) in [4.78, 5) is 50.0. The zero-order valence-corrected chi connectivity index (χ0v) is 16.7. The summed E-state index contributed by atoms with van der Waals surface area (Å²) in [5.74, 6) is -1.06. The first kappa shape index (κ1) is 20.1. The van der Waals surface area contributed by atoms with Crippen LogP contribution in [0, 0.1) is 0 Å². The van der Waals surface area contributed by atoms with Crippen molar-refractivity contribution in [1.29, 1.82) is 0 Å². The van der Waals surface area contributed by atoms with E-state index in [4.69, 9.17) is 11.6 Å². The van der Waals surface area contributed by atoms with Crippen molar-refractivity contribution in [2.75, 3.05) is 5.32 Å². The highest BCUT2D eigenvalue weighted by molar-refractivity contribution is 6.30. The molecule has 0 bridgehead atoms. The average molecular weight is 427 g/mol. The van der Waals surface area contributed by atoms with Crippen LogP contribution in [0.3, 0.4) is 0 Å². The number of anilines is 1. The number of nitrogens with zero attached hydrogens (tertiary/aromatic N) is 1. The Morgan fingerprint density at radius 2 is 1.87 bits per heavy atom. The molecule has 1 fully saturated rings. The predicted octanol–water partition coefficient (Wildman–Crippen LogP) is 2.42. The van der Waals surface area contributed by atoms with E-state index in [1.165, 1.54) is 0 Å². The third-order valence-electron chi connectivity index (χ3n) is 5.18. The lowest BCUT2D eigenvalue weighted by Gasteiger charge is -2.29. The number of fused-ring (bicyclic) bond motifs is 1. The lowest BCUT2D eigenvalue weighted by molar-refractivity contribution is -0.137. The molecule has 2 aromatic rings. The summed E-state index contributed by atoms with van der Waals surface area (Å²) < 4.78 is 0. The number of amides is 5. The molecule has 0 aromatic heterocycles. The molecule has 0 radical (unpaired) electrons. The highest BCUT2D eigenvalue weighted by Gasteiger charge is 2.34. The van der Waals surface area contributed by atoms with Crippen LogP contribution < -0.4 is 16.0 Å². The first-order valence-electron chi connectivity index (χ1n) is 9.46. The van der Waals surface area contributed by atoms with Crippen LogP contribution >= 0.6 is 11.6 Å². The van der Waals surface area contributed by atoms with Gasteiger partial charge in [0.05, 0.1) is 6.04 Å². The van der Waals surface area contributed by atoms with Gasteiger partial charge in [0.2, 0.25) is 11.8 Å². The normalized spacial score (nSPS) is 18.5. The summed E-state index contributed by atoms with van der Waals surface area (Å²) in [6, 6.07) is 10.8. The van der Waals surface area contributed by atoms with E-state index < -0.39 is 11.9 Å². The molecule has 2 aliphatic rings. The highest BCUT2D eigenvalue weighted by Crippen LogP contribution is 2.28. The largest absolute Gasteiger partial charge is 0.326 e. The summed E-state index contributed by atoms with van der Waals surface area (Å²) in [7, 11) is 0. The summed E-state index contributed by atoms with van der Waals surface area (Å²) in [5.41, 5.74) is 2.75. The van der Waals surface area contributed by atoms with E-state index in [9.17, 15) is 19.2 Å². The van der Waals surface area contributed by atoms with E-state index in [1.54, 1.807) is 36.4 Å². The Kier molecular flexibility index (Phi) is 5.52. The van der Waals surface area contributed by atoms with Gasteiger partial charge in [-0.15, -0.1) is 0 Å². The second-order valence-electron chi connectivity index (χ2n) is 7.27. The third kappa shape index (κ3) is 4.34. The Morgan fingerprint density at radius 3 is 2.63 bits per heavy atom. The standard InChI is InChI=1S/C21H19ClN4O4/c22-15-2-1-3-16(9-15)23-21(30)25-19(28)12-4-5-13-10-26(11-14(13)8-12)17-6-7-18(27)24-20(17)29/h1-5,8-9,17H,6-7,10-11H2,(H,24,27,29)(H2,23,25,28,30). The third-order valence-corrected chi connectivity index (χ3v) is 5.41. The van der Waals surface area contributed by atoms with Crippen molar-refractivity contribution < 1.29 is 19.2 Å². The minimum Gasteiger partial charge on any atom is -0.308 e.